The molecule has 1 N–H and O–H groups in total. The molecule has 0 bridgehead atoms. The molecule has 7 heteroatoms. The van der Waals surface area contributed by atoms with E-state index in [0.29, 0.717) is 11.6 Å². The van der Waals surface area contributed by atoms with Crippen molar-refractivity contribution in [3.8, 4) is 0 Å². The van der Waals surface area contributed by atoms with Crippen LogP contribution in [0.5, 0.6) is 0 Å². The minimum Gasteiger partial charge on any atom is -0.326 e. The van der Waals surface area contributed by atoms with Crippen LogP contribution >= 0.6 is 11.8 Å². The molecule has 37 heavy (non-hydrogen) atoms. The zero-order valence-electron chi connectivity index (χ0n) is 21.3. The predicted molar refractivity (Wildman–Crippen MR) is 151 cm³/mol. The normalized spacial score (nSPS) is 19.1. The van der Waals surface area contributed by atoms with Crippen molar-refractivity contribution in [3.05, 3.63) is 101 Å². The number of nitrogens with zero attached hydrogens (tertiary/aromatic N) is 3. The summed E-state index contributed by atoms with van der Waals surface area (Å²) in [5, 5.41) is 9.70. The van der Waals surface area contributed by atoms with Crippen LogP contribution in [0.2, 0.25) is 0 Å². The van der Waals surface area contributed by atoms with E-state index in [1.54, 1.807) is 0 Å². The van der Waals surface area contributed by atoms with Gasteiger partial charge in [0.25, 0.3) is 5.91 Å². The highest BCUT2D eigenvalue weighted by Crippen LogP contribution is 2.38. The lowest BCUT2D eigenvalue weighted by Crippen LogP contribution is -2.25. The number of carbonyl (C=O) groups excluding carboxylic acids is 2. The van der Waals surface area contributed by atoms with Gasteiger partial charge >= 0.3 is 0 Å². The van der Waals surface area contributed by atoms with E-state index in [2.05, 4.69) is 59.7 Å². The zero-order valence-corrected chi connectivity index (χ0v) is 22.1. The average molecular weight is 511 g/mol. The van der Waals surface area contributed by atoms with Gasteiger partial charge in [-0.2, -0.15) is 10.1 Å². The van der Waals surface area contributed by atoms with Crippen molar-refractivity contribution in [2.24, 2.45) is 10.1 Å². The lowest BCUT2D eigenvalue weighted by Gasteiger charge is -2.23. The van der Waals surface area contributed by atoms with Gasteiger partial charge in [0, 0.05) is 18.5 Å². The molecule has 2 amide bonds. The number of aliphatic imine (C=N–C) groups is 1. The Balaban J connectivity index is 1.34. The summed E-state index contributed by atoms with van der Waals surface area (Å²) in [7, 11) is 0. The second-order valence-corrected chi connectivity index (χ2v) is 10.7. The number of amidine groups is 1. The van der Waals surface area contributed by atoms with Crippen LogP contribution in [0.1, 0.15) is 53.6 Å². The number of hydrogen-bond acceptors (Lipinski definition) is 5. The number of aryl methyl sites for hydroxylation is 3. The average Bonchev–Trinajstić information content (AvgIpc) is 3.48. The van der Waals surface area contributed by atoms with Crippen molar-refractivity contribution in [1.82, 2.24) is 5.01 Å². The summed E-state index contributed by atoms with van der Waals surface area (Å²) in [5.74, 6) is -0.493. The minimum atomic E-state index is -0.569. The van der Waals surface area contributed by atoms with Gasteiger partial charge in [0.1, 0.15) is 5.25 Å². The van der Waals surface area contributed by atoms with Crippen LogP contribution in [0, 0.1) is 13.8 Å². The molecule has 0 fully saturated rings. The first kappa shape index (κ1) is 25.0. The van der Waals surface area contributed by atoms with Gasteiger partial charge in [-0.1, -0.05) is 79.3 Å². The first-order chi connectivity index (χ1) is 17.9. The molecule has 188 valence electrons. The fourth-order valence-electron chi connectivity index (χ4n) is 4.76. The van der Waals surface area contributed by atoms with Gasteiger partial charge in [-0.3, -0.25) is 9.59 Å². The molecule has 2 aliphatic heterocycles. The Labute approximate surface area is 221 Å². The van der Waals surface area contributed by atoms with Crippen molar-refractivity contribution >= 4 is 40.1 Å². The fraction of sp³-hybridized carbons (Fsp3) is 0.267. The molecular formula is C30H30N4O2S. The van der Waals surface area contributed by atoms with Crippen LogP contribution in [0.4, 0.5) is 5.69 Å². The molecule has 0 saturated heterocycles. The van der Waals surface area contributed by atoms with Crippen LogP contribution in [0.3, 0.4) is 0 Å². The number of thioether (sulfide) groups is 1. The Hall–Kier alpha value is -3.71. The van der Waals surface area contributed by atoms with E-state index >= 15 is 0 Å². The molecule has 0 radical (unpaired) electrons. The number of benzene rings is 3. The van der Waals surface area contributed by atoms with E-state index in [0.717, 1.165) is 40.1 Å². The highest BCUT2D eigenvalue weighted by molar-refractivity contribution is 8.15. The summed E-state index contributed by atoms with van der Waals surface area (Å²) in [6, 6.07) is 24.5. The molecule has 5 rings (SSSR count). The van der Waals surface area contributed by atoms with Crippen molar-refractivity contribution in [3.63, 3.8) is 0 Å². The quantitative estimate of drug-likeness (QED) is 0.439. The monoisotopic (exact) mass is 510 g/mol. The van der Waals surface area contributed by atoms with E-state index in [1.165, 1.54) is 17.3 Å². The number of amides is 2. The molecule has 2 aliphatic rings. The molecule has 6 nitrogen and oxygen atoms in total. The number of anilines is 1. The minimum absolute atomic E-state index is 0.0580. The summed E-state index contributed by atoms with van der Waals surface area (Å²) in [4.78, 5) is 30.0. The van der Waals surface area contributed by atoms with Gasteiger partial charge in [-0.05, 0) is 60.2 Å². The molecule has 0 aliphatic carbocycles. The van der Waals surface area contributed by atoms with Gasteiger partial charge in [-0.15, -0.1) is 0 Å². The maximum absolute atomic E-state index is 12.9. The third kappa shape index (κ3) is 5.67. The second kappa shape index (κ2) is 10.7. The van der Waals surface area contributed by atoms with Gasteiger partial charge in [0.05, 0.1) is 11.8 Å². The molecule has 0 saturated carbocycles. The van der Waals surface area contributed by atoms with Crippen LogP contribution in [0.15, 0.2) is 82.9 Å². The van der Waals surface area contributed by atoms with Crippen molar-refractivity contribution in [2.75, 3.05) is 5.32 Å². The van der Waals surface area contributed by atoms with Gasteiger partial charge in [-0.25, -0.2) is 5.01 Å². The van der Waals surface area contributed by atoms with Crippen molar-refractivity contribution in [2.45, 2.75) is 51.3 Å². The number of hydrogen-bond donors (Lipinski definition) is 1. The third-order valence-electron chi connectivity index (χ3n) is 6.59. The highest BCUT2D eigenvalue weighted by atomic mass is 32.2. The summed E-state index contributed by atoms with van der Waals surface area (Å²) in [6.45, 7) is 6.12. The molecule has 3 aromatic carbocycles. The summed E-state index contributed by atoms with van der Waals surface area (Å²) in [5.41, 5.74) is 7.30. The topological polar surface area (TPSA) is 74.1 Å². The Morgan fingerprint density at radius 1 is 1.03 bits per heavy atom. The number of nitrogens with one attached hydrogen (secondary N) is 1. The zero-order chi connectivity index (χ0) is 25.9. The van der Waals surface area contributed by atoms with Crippen LogP contribution in [-0.2, 0) is 16.0 Å². The number of rotatable bonds is 6. The first-order valence-electron chi connectivity index (χ1n) is 12.6. The third-order valence-corrected chi connectivity index (χ3v) is 7.73. The molecule has 3 aromatic rings. The molecule has 2 heterocycles. The Bertz CT molecular complexity index is 1360. The molecule has 2 atom stereocenters. The summed E-state index contributed by atoms with van der Waals surface area (Å²) >= 11 is 1.32. The van der Waals surface area contributed by atoms with E-state index in [-0.39, 0.29) is 24.3 Å². The highest BCUT2D eigenvalue weighted by Gasteiger charge is 2.39. The smallest absolute Gasteiger partial charge is 0.262 e. The lowest BCUT2D eigenvalue weighted by atomic mass is 9.97. The molecule has 0 spiro atoms. The summed E-state index contributed by atoms with van der Waals surface area (Å²) < 4.78 is 0. The maximum atomic E-state index is 12.9. The Morgan fingerprint density at radius 3 is 2.41 bits per heavy atom. The van der Waals surface area contributed by atoms with Gasteiger partial charge < -0.3 is 5.32 Å². The van der Waals surface area contributed by atoms with Gasteiger partial charge in [0.2, 0.25) is 5.91 Å². The number of carbonyl (C=O) groups is 2. The Kier molecular flexibility index (Phi) is 7.24. The lowest BCUT2D eigenvalue weighted by molar-refractivity contribution is -0.121. The van der Waals surface area contributed by atoms with Crippen molar-refractivity contribution in [1.29, 1.82) is 0 Å². The van der Waals surface area contributed by atoms with Crippen LogP contribution in [-0.4, -0.2) is 33.0 Å². The molecule has 0 unspecified atom stereocenters. The van der Waals surface area contributed by atoms with E-state index in [1.807, 2.05) is 49.2 Å². The predicted octanol–water partition coefficient (Wildman–Crippen LogP) is 6.04. The van der Waals surface area contributed by atoms with Crippen LogP contribution in [0.25, 0.3) is 0 Å². The Morgan fingerprint density at radius 2 is 1.73 bits per heavy atom. The second-order valence-electron chi connectivity index (χ2n) is 9.54. The SMILES string of the molecule is CCc1ccc([C@@H]2CC(c3ccccc3)=NN2C2=NC(=O)[C@@H](CC(=O)Nc3cc(C)cc(C)c3)S2)cc1. The fourth-order valence-corrected chi connectivity index (χ4v) is 5.82. The maximum Gasteiger partial charge on any atom is 0.262 e. The van der Waals surface area contributed by atoms with E-state index in [9.17, 15) is 9.59 Å². The summed E-state index contributed by atoms with van der Waals surface area (Å²) in [6.07, 6.45) is 1.74. The molecule has 0 aromatic heterocycles. The van der Waals surface area contributed by atoms with Crippen molar-refractivity contribution < 1.29 is 9.59 Å². The van der Waals surface area contributed by atoms with Gasteiger partial charge in [0.15, 0.2) is 5.17 Å². The number of hydrazone groups is 1. The van der Waals surface area contributed by atoms with E-state index in [4.69, 9.17) is 5.10 Å². The first-order valence-corrected chi connectivity index (χ1v) is 13.5. The van der Waals surface area contributed by atoms with Crippen LogP contribution < -0.4 is 5.32 Å². The van der Waals surface area contributed by atoms with E-state index < -0.39 is 5.25 Å². The largest absolute Gasteiger partial charge is 0.326 e. The molecular weight excluding hydrogens is 480 g/mol. The standard InChI is InChI=1S/C30H30N4O2S/c1-4-21-10-12-23(13-11-21)26-17-25(22-8-6-5-7-9-22)33-34(26)30-32-29(36)27(37-30)18-28(35)31-24-15-19(2)14-20(3)16-24/h5-16,26-27H,4,17-18H2,1-3H3,(H,31,35)/t26-,27+/m0/s1.